The first kappa shape index (κ1) is 21.0. The van der Waals surface area contributed by atoms with Crippen LogP contribution in [0.5, 0.6) is 0 Å². The molecule has 0 spiro atoms. The number of carboxylic acids is 1. The third-order valence-electron chi connectivity index (χ3n) is 4.44. The Morgan fingerprint density at radius 1 is 1.21 bits per heavy atom. The van der Waals surface area contributed by atoms with Gasteiger partial charge in [-0.25, -0.2) is 4.79 Å². The van der Waals surface area contributed by atoms with E-state index in [9.17, 15) is 14.7 Å². The molecule has 3 aromatic rings. The standard InChI is InChI=1S/C19H21N5O3S2/c25-18(13(11-28)7-6-12-4-2-1-3-5-12)20-17(19(26)27)15-9-8-14(29-15)10-16-21-23-24-22-16/h1-5,8-9,13,17,28H,6-7,10-11H2,(H,20,25)(H,26,27)(H,21,22,23,24). The van der Waals surface area contributed by atoms with E-state index >= 15 is 0 Å². The summed E-state index contributed by atoms with van der Waals surface area (Å²) in [6.45, 7) is 0. The number of aliphatic carboxylic acids is 1. The summed E-state index contributed by atoms with van der Waals surface area (Å²) >= 11 is 5.59. The Kier molecular flexibility index (Phi) is 7.36. The molecule has 0 aliphatic rings. The van der Waals surface area contributed by atoms with Gasteiger partial charge < -0.3 is 10.4 Å². The Balaban J connectivity index is 1.63. The maximum atomic E-state index is 12.7. The molecule has 0 bridgehead atoms. The Morgan fingerprint density at radius 3 is 2.66 bits per heavy atom. The van der Waals surface area contributed by atoms with Crippen molar-refractivity contribution in [2.45, 2.75) is 25.3 Å². The van der Waals surface area contributed by atoms with E-state index in [-0.39, 0.29) is 11.8 Å². The molecule has 2 aromatic heterocycles. The lowest BCUT2D eigenvalue weighted by molar-refractivity contribution is -0.142. The van der Waals surface area contributed by atoms with E-state index in [4.69, 9.17) is 0 Å². The molecule has 3 rings (SSSR count). The Morgan fingerprint density at radius 2 is 2.00 bits per heavy atom. The summed E-state index contributed by atoms with van der Waals surface area (Å²) < 4.78 is 0. The molecule has 2 atom stereocenters. The third kappa shape index (κ3) is 5.88. The fourth-order valence-corrected chi connectivity index (χ4v) is 4.27. The van der Waals surface area contributed by atoms with Gasteiger partial charge in [-0.05, 0) is 30.5 Å². The van der Waals surface area contributed by atoms with Crippen LogP contribution in [0.1, 0.15) is 33.6 Å². The lowest BCUT2D eigenvalue weighted by Gasteiger charge is -2.18. The molecule has 8 nitrogen and oxygen atoms in total. The van der Waals surface area contributed by atoms with Crippen LogP contribution in [0.15, 0.2) is 42.5 Å². The minimum absolute atomic E-state index is 0.309. The molecule has 29 heavy (non-hydrogen) atoms. The molecular formula is C19H21N5O3S2. The van der Waals surface area contributed by atoms with Gasteiger partial charge in [-0.3, -0.25) is 4.79 Å². The first-order valence-electron chi connectivity index (χ1n) is 9.05. The number of amides is 1. The summed E-state index contributed by atoms with van der Waals surface area (Å²) in [5, 5.41) is 26.0. The Hall–Kier alpha value is -2.72. The normalized spacial score (nSPS) is 13.0. The van der Waals surface area contributed by atoms with Gasteiger partial charge >= 0.3 is 5.97 Å². The summed E-state index contributed by atoms with van der Waals surface area (Å²) in [5.74, 6) is -0.924. The lowest BCUT2D eigenvalue weighted by Crippen LogP contribution is -2.38. The number of aromatic amines is 1. The van der Waals surface area contributed by atoms with E-state index in [1.54, 1.807) is 6.07 Å². The molecule has 1 aromatic carbocycles. The number of hydrogen-bond donors (Lipinski definition) is 4. The van der Waals surface area contributed by atoms with Crippen LogP contribution in [0.2, 0.25) is 0 Å². The van der Waals surface area contributed by atoms with E-state index in [1.807, 2.05) is 36.4 Å². The van der Waals surface area contributed by atoms with Crippen molar-refractivity contribution in [3.8, 4) is 0 Å². The molecule has 0 fully saturated rings. The lowest BCUT2D eigenvalue weighted by atomic mass is 9.99. The van der Waals surface area contributed by atoms with Gasteiger partial charge in [0.2, 0.25) is 5.91 Å². The van der Waals surface area contributed by atoms with E-state index in [0.29, 0.717) is 29.3 Å². The number of hydrogen-bond acceptors (Lipinski definition) is 7. The highest BCUT2D eigenvalue weighted by Crippen LogP contribution is 2.26. The van der Waals surface area contributed by atoms with Crippen LogP contribution in [-0.2, 0) is 22.4 Å². The number of aryl methyl sites for hydroxylation is 1. The second-order valence-corrected chi connectivity index (χ2v) is 8.06. The quantitative estimate of drug-likeness (QED) is 0.366. The van der Waals surface area contributed by atoms with E-state index in [1.165, 1.54) is 11.3 Å². The average molecular weight is 432 g/mol. The van der Waals surface area contributed by atoms with E-state index < -0.39 is 12.0 Å². The molecular weight excluding hydrogens is 410 g/mol. The van der Waals surface area contributed by atoms with Gasteiger partial charge in [0.25, 0.3) is 0 Å². The maximum absolute atomic E-state index is 12.7. The number of rotatable bonds is 10. The molecule has 0 saturated carbocycles. The predicted molar refractivity (Wildman–Crippen MR) is 112 cm³/mol. The summed E-state index contributed by atoms with van der Waals surface area (Å²) in [5.41, 5.74) is 1.13. The zero-order valence-electron chi connectivity index (χ0n) is 15.5. The van der Waals surface area contributed by atoms with Crippen LogP contribution >= 0.6 is 24.0 Å². The van der Waals surface area contributed by atoms with Crippen LogP contribution < -0.4 is 5.32 Å². The van der Waals surface area contributed by atoms with Crippen LogP contribution in [0.3, 0.4) is 0 Å². The number of tetrazole rings is 1. The van der Waals surface area contributed by atoms with Crippen molar-refractivity contribution >= 4 is 35.8 Å². The zero-order chi connectivity index (χ0) is 20.6. The van der Waals surface area contributed by atoms with Gasteiger partial charge in [0, 0.05) is 27.8 Å². The molecule has 152 valence electrons. The SMILES string of the molecule is O=C(NC(C(=O)O)c1ccc(Cc2nn[nH]n2)s1)C(CS)CCc1ccccc1. The fraction of sp³-hybridized carbons (Fsp3) is 0.316. The number of thiophene rings is 1. The first-order valence-corrected chi connectivity index (χ1v) is 10.5. The van der Waals surface area contributed by atoms with E-state index in [0.717, 1.165) is 16.9 Å². The van der Waals surface area contributed by atoms with Crippen molar-refractivity contribution in [3.05, 3.63) is 63.6 Å². The molecule has 2 heterocycles. The Labute approximate surface area is 177 Å². The highest BCUT2D eigenvalue weighted by Gasteiger charge is 2.27. The number of H-pyrrole nitrogens is 1. The molecule has 2 unspecified atom stereocenters. The number of aromatic nitrogens is 4. The molecule has 0 aliphatic carbocycles. The van der Waals surface area contributed by atoms with Crippen LogP contribution in [-0.4, -0.2) is 43.4 Å². The minimum Gasteiger partial charge on any atom is -0.479 e. The summed E-state index contributed by atoms with van der Waals surface area (Å²) in [6.07, 6.45) is 1.77. The number of thiol groups is 1. The van der Waals surface area contributed by atoms with Crippen molar-refractivity contribution < 1.29 is 14.7 Å². The second kappa shape index (κ2) is 10.2. The van der Waals surface area contributed by atoms with Crippen molar-refractivity contribution in [1.29, 1.82) is 0 Å². The number of carboxylic acid groups (broad SMARTS) is 1. The maximum Gasteiger partial charge on any atom is 0.331 e. The number of nitrogens with zero attached hydrogens (tertiary/aromatic N) is 3. The smallest absolute Gasteiger partial charge is 0.331 e. The third-order valence-corrected chi connectivity index (χ3v) is 6.03. The van der Waals surface area contributed by atoms with Crippen LogP contribution in [0.4, 0.5) is 0 Å². The fourth-order valence-electron chi connectivity index (χ4n) is 2.86. The zero-order valence-corrected chi connectivity index (χ0v) is 17.2. The number of benzene rings is 1. The molecule has 1 amide bonds. The van der Waals surface area contributed by atoms with Crippen molar-refractivity contribution in [2.75, 3.05) is 5.75 Å². The number of carbonyl (C=O) groups excluding carboxylic acids is 1. The molecule has 0 radical (unpaired) electrons. The van der Waals surface area contributed by atoms with Gasteiger partial charge in [-0.1, -0.05) is 35.5 Å². The van der Waals surface area contributed by atoms with Crippen molar-refractivity contribution in [2.24, 2.45) is 5.92 Å². The monoisotopic (exact) mass is 431 g/mol. The average Bonchev–Trinajstić information content (AvgIpc) is 3.40. The predicted octanol–water partition coefficient (Wildman–Crippen LogP) is 2.27. The molecule has 3 N–H and O–H groups in total. The summed E-state index contributed by atoms with van der Waals surface area (Å²) in [7, 11) is 0. The largest absolute Gasteiger partial charge is 0.479 e. The number of nitrogens with one attached hydrogen (secondary N) is 2. The second-order valence-electron chi connectivity index (χ2n) is 6.49. The summed E-state index contributed by atoms with van der Waals surface area (Å²) in [4.78, 5) is 25.9. The van der Waals surface area contributed by atoms with Crippen LogP contribution in [0.25, 0.3) is 0 Å². The van der Waals surface area contributed by atoms with E-state index in [2.05, 4.69) is 38.6 Å². The first-order chi connectivity index (χ1) is 14.1. The van der Waals surface area contributed by atoms with Gasteiger partial charge in [-0.2, -0.15) is 17.8 Å². The van der Waals surface area contributed by atoms with Gasteiger partial charge in [0.1, 0.15) is 0 Å². The molecule has 0 saturated heterocycles. The summed E-state index contributed by atoms with van der Waals surface area (Å²) in [6, 6.07) is 12.3. The van der Waals surface area contributed by atoms with Crippen molar-refractivity contribution in [1.82, 2.24) is 25.9 Å². The minimum atomic E-state index is -1.11. The molecule has 0 aliphatic heterocycles. The highest BCUT2D eigenvalue weighted by molar-refractivity contribution is 7.80. The molecule has 10 heteroatoms. The Bertz CT molecular complexity index is 930. The van der Waals surface area contributed by atoms with Crippen LogP contribution in [0, 0.1) is 5.92 Å². The van der Waals surface area contributed by atoms with Gasteiger partial charge in [-0.15, -0.1) is 21.5 Å². The topological polar surface area (TPSA) is 121 Å². The van der Waals surface area contributed by atoms with Gasteiger partial charge in [0.15, 0.2) is 11.9 Å². The van der Waals surface area contributed by atoms with Gasteiger partial charge in [0.05, 0.1) is 0 Å². The van der Waals surface area contributed by atoms with Crippen molar-refractivity contribution in [3.63, 3.8) is 0 Å². The highest BCUT2D eigenvalue weighted by atomic mass is 32.1. The number of carbonyl (C=O) groups is 2.